The summed E-state index contributed by atoms with van der Waals surface area (Å²) in [5.41, 5.74) is 5.02. The van der Waals surface area contributed by atoms with Gasteiger partial charge in [-0.15, -0.1) is 0 Å². The van der Waals surface area contributed by atoms with Gasteiger partial charge in [-0.05, 0) is 6.20 Å². The van der Waals surface area contributed by atoms with Gasteiger partial charge >= 0.3 is 11.9 Å². The Labute approximate surface area is 57.6 Å². The molecule has 0 spiro atoms. The Kier molecular flexibility index (Phi) is 1.71. The molecule has 0 saturated carbocycles. The van der Waals surface area contributed by atoms with Crippen LogP contribution in [0, 0.1) is 5.92 Å². The van der Waals surface area contributed by atoms with Crippen molar-refractivity contribution in [1.82, 2.24) is 0 Å². The predicted molar refractivity (Wildman–Crippen MR) is 32.5 cm³/mol. The molecule has 1 unspecified atom stereocenters. The van der Waals surface area contributed by atoms with E-state index in [0.29, 0.717) is 0 Å². The van der Waals surface area contributed by atoms with E-state index in [2.05, 4.69) is 4.74 Å². The van der Waals surface area contributed by atoms with Crippen molar-refractivity contribution in [2.75, 3.05) is 0 Å². The summed E-state index contributed by atoms with van der Waals surface area (Å²) in [6, 6.07) is 0. The van der Waals surface area contributed by atoms with Gasteiger partial charge < -0.3 is 10.5 Å². The van der Waals surface area contributed by atoms with Gasteiger partial charge in [0, 0.05) is 0 Å². The van der Waals surface area contributed by atoms with Gasteiger partial charge in [-0.3, -0.25) is 9.59 Å². The van der Waals surface area contributed by atoms with Gasteiger partial charge in [-0.2, -0.15) is 0 Å². The highest BCUT2D eigenvalue weighted by Gasteiger charge is 2.30. The van der Waals surface area contributed by atoms with Crippen molar-refractivity contribution in [3.8, 4) is 0 Å². The summed E-state index contributed by atoms with van der Waals surface area (Å²) in [5, 5.41) is 0. The maximum absolute atomic E-state index is 10.6. The minimum Gasteiger partial charge on any atom is -0.405 e. The highest BCUT2D eigenvalue weighted by atomic mass is 16.6. The molecule has 4 heteroatoms. The first kappa shape index (κ1) is 6.80. The summed E-state index contributed by atoms with van der Waals surface area (Å²) in [6.07, 6.45) is 2.81. The second-order valence-corrected chi connectivity index (χ2v) is 1.99. The van der Waals surface area contributed by atoms with Crippen LogP contribution in [0.3, 0.4) is 0 Å². The molecule has 0 aromatic heterocycles. The lowest BCUT2D eigenvalue weighted by Gasteiger charge is -1.90. The summed E-state index contributed by atoms with van der Waals surface area (Å²) in [4.78, 5) is 21.0. The van der Waals surface area contributed by atoms with E-state index < -0.39 is 17.9 Å². The van der Waals surface area contributed by atoms with Crippen LogP contribution in [0.5, 0.6) is 0 Å². The van der Waals surface area contributed by atoms with Crippen LogP contribution in [0.1, 0.15) is 6.42 Å². The van der Waals surface area contributed by atoms with Gasteiger partial charge in [0.2, 0.25) is 0 Å². The smallest absolute Gasteiger partial charge is 0.321 e. The molecule has 1 fully saturated rings. The van der Waals surface area contributed by atoms with Crippen LogP contribution in [0.25, 0.3) is 0 Å². The molecule has 54 valence electrons. The Balaban J connectivity index is 2.63. The minimum atomic E-state index is -0.508. The topological polar surface area (TPSA) is 69.4 Å². The van der Waals surface area contributed by atoms with Gasteiger partial charge in [-0.25, -0.2) is 0 Å². The fourth-order valence-corrected chi connectivity index (χ4v) is 0.773. The van der Waals surface area contributed by atoms with E-state index in [1.165, 1.54) is 12.3 Å². The standard InChI is InChI=1S/C6H7NO3/c7-2-1-4-3-5(8)10-6(4)9/h1-2,4H,3,7H2/b2-1-. The summed E-state index contributed by atoms with van der Waals surface area (Å²) >= 11 is 0. The van der Waals surface area contributed by atoms with Crippen molar-refractivity contribution >= 4 is 11.9 Å². The number of hydrogen-bond donors (Lipinski definition) is 1. The van der Waals surface area contributed by atoms with Crippen LogP contribution in [-0.2, 0) is 14.3 Å². The SMILES string of the molecule is N/C=C\C1CC(=O)OC1=O. The Morgan fingerprint density at radius 3 is 2.70 bits per heavy atom. The molecule has 1 heterocycles. The fourth-order valence-electron chi connectivity index (χ4n) is 0.773. The molecule has 1 atom stereocenters. The molecule has 0 aromatic carbocycles. The molecule has 4 nitrogen and oxygen atoms in total. The van der Waals surface area contributed by atoms with Crippen LogP contribution in [0.2, 0.25) is 0 Å². The second-order valence-electron chi connectivity index (χ2n) is 1.99. The molecule has 0 bridgehead atoms. The van der Waals surface area contributed by atoms with Crippen molar-refractivity contribution in [3.63, 3.8) is 0 Å². The van der Waals surface area contributed by atoms with Crippen LogP contribution in [0.15, 0.2) is 12.3 Å². The predicted octanol–water partition coefficient (Wildman–Crippen LogP) is -0.452. The van der Waals surface area contributed by atoms with Gasteiger partial charge in [0.05, 0.1) is 12.3 Å². The van der Waals surface area contributed by atoms with Crippen molar-refractivity contribution in [1.29, 1.82) is 0 Å². The second kappa shape index (κ2) is 2.51. The molecule has 0 aliphatic carbocycles. The zero-order valence-corrected chi connectivity index (χ0v) is 5.24. The fraction of sp³-hybridized carbons (Fsp3) is 0.333. The van der Waals surface area contributed by atoms with Gasteiger partial charge in [0.15, 0.2) is 0 Å². The number of carbonyl (C=O) groups excluding carboxylic acids is 2. The lowest BCUT2D eigenvalue weighted by molar-refractivity contribution is -0.152. The zero-order chi connectivity index (χ0) is 7.56. The van der Waals surface area contributed by atoms with E-state index >= 15 is 0 Å². The van der Waals surface area contributed by atoms with E-state index in [-0.39, 0.29) is 6.42 Å². The number of rotatable bonds is 1. The lowest BCUT2D eigenvalue weighted by atomic mass is 10.1. The Morgan fingerprint density at radius 1 is 1.60 bits per heavy atom. The first-order valence-corrected chi connectivity index (χ1v) is 2.87. The summed E-state index contributed by atoms with van der Waals surface area (Å²) in [5.74, 6) is -1.45. The molecule has 1 aliphatic rings. The van der Waals surface area contributed by atoms with Crippen molar-refractivity contribution in [3.05, 3.63) is 12.3 Å². The first-order chi connectivity index (χ1) is 4.74. The summed E-state index contributed by atoms with van der Waals surface area (Å²) in [7, 11) is 0. The van der Waals surface area contributed by atoms with E-state index in [0.717, 1.165) is 0 Å². The quantitative estimate of drug-likeness (QED) is 0.396. The number of esters is 2. The number of nitrogens with two attached hydrogens (primary N) is 1. The van der Waals surface area contributed by atoms with Gasteiger partial charge in [-0.1, -0.05) is 6.08 Å². The van der Waals surface area contributed by atoms with Crippen molar-refractivity contribution in [2.45, 2.75) is 6.42 Å². The summed E-state index contributed by atoms with van der Waals surface area (Å²) in [6.45, 7) is 0. The zero-order valence-electron chi connectivity index (χ0n) is 5.24. The molecule has 1 rings (SSSR count). The molecule has 10 heavy (non-hydrogen) atoms. The van der Waals surface area contributed by atoms with Crippen LogP contribution >= 0.6 is 0 Å². The Morgan fingerprint density at radius 2 is 2.30 bits per heavy atom. The Hall–Kier alpha value is -1.32. The average Bonchev–Trinajstić information content (AvgIpc) is 2.13. The monoisotopic (exact) mass is 141 g/mol. The average molecular weight is 141 g/mol. The van der Waals surface area contributed by atoms with Crippen LogP contribution in [-0.4, -0.2) is 11.9 Å². The normalized spacial score (nSPS) is 25.8. The highest BCUT2D eigenvalue weighted by Crippen LogP contribution is 2.16. The summed E-state index contributed by atoms with van der Waals surface area (Å²) < 4.78 is 4.24. The van der Waals surface area contributed by atoms with Gasteiger partial charge in [0.25, 0.3) is 0 Å². The minimum absolute atomic E-state index is 0.118. The maximum Gasteiger partial charge on any atom is 0.321 e. The van der Waals surface area contributed by atoms with Crippen LogP contribution in [0.4, 0.5) is 0 Å². The number of hydrogen-bond acceptors (Lipinski definition) is 4. The number of ether oxygens (including phenoxy) is 1. The lowest BCUT2D eigenvalue weighted by Crippen LogP contribution is -2.04. The van der Waals surface area contributed by atoms with E-state index in [1.807, 2.05) is 0 Å². The molecule has 0 radical (unpaired) electrons. The maximum atomic E-state index is 10.6. The molecule has 0 amide bonds. The first-order valence-electron chi connectivity index (χ1n) is 2.87. The van der Waals surface area contributed by atoms with Crippen molar-refractivity contribution < 1.29 is 14.3 Å². The number of carbonyl (C=O) groups is 2. The largest absolute Gasteiger partial charge is 0.405 e. The third-order valence-corrected chi connectivity index (χ3v) is 1.25. The molecule has 1 saturated heterocycles. The van der Waals surface area contributed by atoms with E-state index in [9.17, 15) is 9.59 Å². The number of cyclic esters (lactones) is 2. The Bertz CT molecular complexity index is 197. The molecule has 1 aliphatic heterocycles. The molecular formula is C6H7NO3. The van der Waals surface area contributed by atoms with Crippen molar-refractivity contribution in [2.24, 2.45) is 11.7 Å². The van der Waals surface area contributed by atoms with E-state index in [4.69, 9.17) is 5.73 Å². The molecule has 0 aromatic rings. The third kappa shape index (κ3) is 1.15. The molecular weight excluding hydrogens is 134 g/mol. The van der Waals surface area contributed by atoms with Crippen LogP contribution < -0.4 is 5.73 Å². The van der Waals surface area contributed by atoms with E-state index in [1.54, 1.807) is 0 Å². The van der Waals surface area contributed by atoms with Gasteiger partial charge in [0.1, 0.15) is 0 Å². The third-order valence-electron chi connectivity index (χ3n) is 1.25. The highest BCUT2D eigenvalue weighted by molar-refractivity contribution is 5.95. The molecule has 2 N–H and O–H groups in total.